The average Bonchev–Trinajstić information content (AvgIpc) is 2.90. The van der Waals surface area contributed by atoms with Crippen LogP contribution in [0.4, 0.5) is 5.69 Å². The molecule has 2 unspecified atom stereocenters. The summed E-state index contributed by atoms with van der Waals surface area (Å²) >= 11 is 0. The summed E-state index contributed by atoms with van der Waals surface area (Å²) in [5.41, 5.74) is 6.87. The number of piperidine rings is 1. The van der Waals surface area contributed by atoms with Crippen LogP contribution in [0, 0.1) is 39.5 Å². The number of aryl methyl sites for hydroxylation is 4. The molecule has 0 aliphatic carbocycles. The molecular formula is C27H32N2O2. The molecule has 31 heavy (non-hydrogen) atoms. The Hall–Kier alpha value is -2.88. The van der Waals surface area contributed by atoms with Crippen LogP contribution in [0.1, 0.15) is 48.1 Å². The molecule has 0 radical (unpaired) electrons. The van der Waals surface area contributed by atoms with Crippen LogP contribution in [-0.4, -0.2) is 29.8 Å². The Bertz CT molecular complexity index is 1070. The third-order valence-electron chi connectivity index (χ3n) is 6.36. The van der Waals surface area contributed by atoms with E-state index < -0.39 is 0 Å². The molecule has 0 bridgehead atoms. The summed E-state index contributed by atoms with van der Waals surface area (Å²) in [6.45, 7) is 14.1. The van der Waals surface area contributed by atoms with Crippen LogP contribution < -0.4 is 4.90 Å². The summed E-state index contributed by atoms with van der Waals surface area (Å²) in [4.78, 5) is 31.2. The molecule has 4 rings (SSSR count). The molecule has 2 amide bonds. The van der Waals surface area contributed by atoms with E-state index in [4.69, 9.17) is 0 Å². The highest BCUT2D eigenvalue weighted by atomic mass is 16.2. The summed E-state index contributed by atoms with van der Waals surface area (Å²) in [6.07, 6.45) is 1.14. The van der Waals surface area contributed by atoms with Crippen molar-refractivity contribution in [1.82, 2.24) is 4.90 Å². The molecule has 1 fully saturated rings. The lowest BCUT2D eigenvalue weighted by Gasteiger charge is -2.37. The van der Waals surface area contributed by atoms with Crippen LogP contribution in [-0.2, 0) is 9.59 Å². The van der Waals surface area contributed by atoms with Crippen molar-refractivity contribution in [1.29, 1.82) is 0 Å². The van der Waals surface area contributed by atoms with Gasteiger partial charge in [-0.3, -0.25) is 9.59 Å². The van der Waals surface area contributed by atoms with Crippen molar-refractivity contribution in [3.8, 4) is 0 Å². The first-order chi connectivity index (χ1) is 14.7. The largest absolute Gasteiger partial charge is 0.366 e. The van der Waals surface area contributed by atoms with Crippen LogP contribution >= 0.6 is 0 Å². The minimum absolute atomic E-state index is 0.203. The van der Waals surface area contributed by atoms with E-state index in [0.717, 1.165) is 47.3 Å². The lowest BCUT2D eigenvalue weighted by molar-refractivity contribution is -0.120. The number of amides is 2. The predicted molar refractivity (Wildman–Crippen MR) is 126 cm³/mol. The van der Waals surface area contributed by atoms with Gasteiger partial charge >= 0.3 is 0 Å². The van der Waals surface area contributed by atoms with Gasteiger partial charge < -0.3 is 4.90 Å². The van der Waals surface area contributed by atoms with E-state index in [0.29, 0.717) is 28.8 Å². The number of hydrogen-bond donors (Lipinski definition) is 0. The Labute approximate surface area is 185 Å². The first kappa shape index (κ1) is 21.4. The topological polar surface area (TPSA) is 40.6 Å². The molecule has 0 aromatic heterocycles. The van der Waals surface area contributed by atoms with Crippen molar-refractivity contribution >= 4 is 23.1 Å². The second kappa shape index (κ2) is 7.99. The lowest BCUT2D eigenvalue weighted by atomic mass is 9.90. The first-order valence-electron chi connectivity index (χ1n) is 11.2. The van der Waals surface area contributed by atoms with E-state index in [9.17, 15) is 9.59 Å². The van der Waals surface area contributed by atoms with Crippen molar-refractivity contribution in [3.63, 3.8) is 0 Å². The lowest BCUT2D eigenvalue weighted by Crippen LogP contribution is -2.42. The molecule has 4 heteroatoms. The van der Waals surface area contributed by atoms with Gasteiger partial charge in [-0.25, -0.2) is 4.90 Å². The van der Waals surface area contributed by atoms with Crippen LogP contribution in [0.2, 0.25) is 0 Å². The third kappa shape index (κ3) is 3.91. The zero-order chi connectivity index (χ0) is 22.4. The molecule has 2 atom stereocenters. The Balaban J connectivity index is 1.89. The second-order valence-electron chi connectivity index (χ2n) is 9.68. The van der Waals surface area contributed by atoms with E-state index >= 15 is 0 Å². The fourth-order valence-corrected chi connectivity index (χ4v) is 5.31. The fraction of sp³-hybridized carbons (Fsp3) is 0.407. The van der Waals surface area contributed by atoms with Crippen LogP contribution in [0.15, 0.2) is 42.1 Å². The summed E-state index contributed by atoms with van der Waals surface area (Å²) in [5.74, 6) is 0.540. The first-order valence-corrected chi connectivity index (χ1v) is 11.2. The van der Waals surface area contributed by atoms with Crippen molar-refractivity contribution in [2.24, 2.45) is 11.8 Å². The smallest absolute Gasteiger partial charge is 0.282 e. The number of benzene rings is 2. The zero-order valence-corrected chi connectivity index (χ0v) is 19.5. The molecule has 2 aromatic rings. The maximum Gasteiger partial charge on any atom is 0.282 e. The number of nitrogens with zero attached hydrogens (tertiary/aromatic N) is 2. The number of rotatable bonds is 3. The molecule has 1 saturated heterocycles. The molecule has 2 heterocycles. The van der Waals surface area contributed by atoms with Gasteiger partial charge in [-0.1, -0.05) is 43.7 Å². The summed E-state index contributed by atoms with van der Waals surface area (Å²) < 4.78 is 0. The average molecular weight is 417 g/mol. The number of anilines is 1. The van der Waals surface area contributed by atoms with Gasteiger partial charge in [0.1, 0.15) is 5.70 Å². The molecule has 2 aliphatic rings. The molecule has 2 aromatic carbocycles. The monoisotopic (exact) mass is 416 g/mol. The Kier molecular flexibility index (Phi) is 5.50. The molecule has 0 N–H and O–H groups in total. The van der Waals surface area contributed by atoms with Crippen LogP contribution in [0.5, 0.6) is 0 Å². The van der Waals surface area contributed by atoms with Gasteiger partial charge in [0.05, 0.1) is 11.3 Å². The molecule has 2 aliphatic heterocycles. The van der Waals surface area contributed by atoms with Crippen molar-refractivity contribution in [2.45, 2.75) is 48.0 Å². The van der Waals surface area contributed by atoms with E-state index in [1.807, 2.05) is 52.0 Å². The van der Waals surface area contributed by atoms with Gasteiger partial charge in [0, 0.05) is 13.1 Å². The molecule has 4 nitrogen and oxygen atoms in total. The predicted octanol–water partition coefficient (Wildman–Crippen LogP) is 5.18. The van der Waals surface area contributed by atoms with Gasteiger partial charge in [-0.15, -0.1) is 0 Å². The minimum Gasteiger partial charge on any atom is -0.366 e. The van der Waals surface area contributed by atoms with E-state index in [1.54, 1.807) is 0 Å². The van der Waals surface area contributed by atoms with Crippen LogP contribution in [0.25, 0.3) is 5.57 Å². The van der Waals surface area contributed by atoms with Crippen LogP contribution in [0.3, 0.4) is 0 Å². The Morgan fingerprint density at radius 2 is 1.39 bits per heavy atom. The van der Waals surface area contributed by atoms with Gasteiger partial charge in [-0.2, -0.15) is 0 Å². The highest BCUT2D eigenvalue weighted by Crippen LogP contribution is 2.38. The normalized spacial score (nSPS) is 22.0. The summed E-state index contributed by atoms with van der Waals surface area (Å²) in [5, 5.41) is 0. The van der Waals surface area contributed by atoms with Crippen molar-refractivity contribution in [2.75, 3.05) is 18.0 Å². The molecule has 162 valence electrons. The number of imide groups is 1. The van der Waals surface area contributed by atoms with Gasteiger partial charge in [0.15, 0.2) is 0 Å². The maximum absolute atomic E-state index is 13.8. The molecular weight excluding hydrogens is 384 g/mol. The number of carbonyl (C=O) groups excluding carboxylic acids is 2. The van der Waals surface area contributed by atoms with E-state index in [2.05, 4.69) is 30.9 Å². The number of likely N-dealkylation sites (tertiary alicyclic amines) is 1. The molecule has 0 saturated carbocycles. The Morgan fingerprint density at radius 3 is 1.97 bits per heavy atom. The van der Waals surface area contributed by atoms with Gasteiger partial charge in [0.25, 0.3) is 11.8 Å². The van der Waals surface area contributed by atoms with E-state index in [-0.39, 0.29) is 11.8 Å². The highest BCUT2D eigenvalue weighted by Gasteiger charge is 2.44. The zero-order valence-electron chi connectivity index (χ0n) is 19.5. The standard InChI is InChI=1S/C27H32N2O2/c1-16-7-8-23(21(6)11-16)24-25(28-14-19(4)10-20(5)15-28)27(31)29(26(24)30)22-12-17(2)9-18(3)13-22/h7-9,11-13,19-20H,10,14-15H2,1-6H3. The van der Waals surface area contributed by atoms with Gasteiger partial charge in [-0.05, 0) is 80.3 Å². The van der Waals surface area contributed by atoms with E-state index in [1.165, 1.54) is 4.90 Å². The quantitative estimate of drug-likeness (QED) is 0.647. The summed E-state index contributed by atoms with van der Waals surface area (Å²) in [6, 6.07) is 12.0. The van der Waals surface area contributed by atoms with Crippen molar-refractivity contribution < 1.29 is 9.59 Å². The number of carbonyl (C=O) groups is 2. The summed E-state index contributed by atoms with van der Waals surface area (Å²) in [7, 11) is 0. The highest BCUT2D eigenvalue weighted by molar-refractivity contribution is 6.45. The SMILES string of the molecule is Cc1cc(C)cc(N2C(=O)C(c3ccc(C)cc3C)=C(N3CC(C)CC(C)C3)C2=O)c1. The molecule has 0 spiro atoms. The third-order valence-corrected chi connectivity index (χ3v) is 6.36. The van der Waals surface area contributed by atoms with Gasteiger partial charge in [0.2, 0.25) is 0 Å². The maximum atomic E-state index is 13.8. The van der Waals surface area contributed by atoms with Crippen molar-refractivity contribution in [3.05, 3.63) is 69.9 Å². The fourth-order valence-electron chi connectivity index (χ4n) is 5.31. The minimum atomic E-state index is -0.220. The number of hydrogen-bond acceptors (Lipinski definition) is 3. The Morgan fingerprint density at radius 1 is 0.774 bits per heavy atom. The second-order valence-corrected chi connectivity index (χ2v) is 9.68.